The van der Waals surface area contributed by atoms with Crippen LogP contribution in [0.15, 0.2) is 18.2 Å². The average molecular weight is 280 g/mol. The van der Waals surface area contributed by atoms with Crippen molar-refractivity contribution in [3.05, 3.63) is 29.3 Å². The molecule has 0 spiro atoms. The molecule has 0 bridgehead atoms. The van der Waals surface area contributed by atoms with Crippen LogP contribution in [0.1, 0.15) is 18.1 Å². The van der Waals surface area contributed by atoms with Crippen LogP contribution in [0, 0.1) is 11.3 Å². The number of ether oxygens (including phenoxy) is 1. The SMILES string of the molecule is COc1ccc(CNCC(C)(O)CSC)cc1C#N. The maximum absolute atomic E-state index is 10.0. The summed E-state index contributed by atoms with van der Waals surface area (Å²) >= 11 is 1.62. The third kappa shape index (κ3) is 5.11. The number of hydrogen-bond donors (Lipinski definition) is 2. The summed E-state index contributed by atoms with van der Waals surface area (Å²) < 4.78 is 5.10. The van der Waals surface area contributed by atoms with E-state index >= 15 is 0 Å². The van der Waals surface area contributed by atoms with E-state index in [-0.39, 0.29) is 0 Å². The van der Waals surface area contributed by atoms with Crippen molar-refractivity contribution in [2.45, 2.75) is 19.1 Å². The Labute approximate surface area is 118 Å². The van der Waals surface area contributed by atoms with Gasteiger partial charge in [0.15, 0.2) is 0 Å². The lowest BCUT2D eigenvalue weighted by atomic mass is 10.1. The summed E-state index contributed by atoms with van der Waals surface area (Å²) in [4.78, 5) is 0. The molecule has 0 radical (unpaired) electrons. The summed E-state index contributed by atoms with van der Waals surface area (Å²) in [5.41, 5.74) is 0.805. The molecule has 19 heavy (non-hydrogen) atoms. The van der Waals surface area contributed by atoms with Crippen LogP contribution in [0.25, 0.3) is 0 Å². The Morgan fingerprint density at radius 1 is 1.53 bits per heavy atom. The lowest BCUT2D eigenvalue weighted by molar-refractivity contribution is 0.0846. The molecule has 0 aliphatic heterocycles. The molecule has 4 nitrogen and oxygen atoms in total. The Balaban J connectivity index is 2.57. The van der Waals surface area contributed by atoms with Crippen molar-refractivity contribution in [1.29, 1.82) is 5.26 Å². The van der Waals surface area contributed by atoms with Crippen molar-refractivity contribution in [3.8, 4) is 11.8 Å². The maximum atomic E-state index is 10.0. The standard InChI is InChI=1S/C14H20N2O2S/c1-14(17,10-19-3)9-16-8-11-4-5-13(18-2)12(6-11)7-15/h4-6,16-17H,8-10H2,1-3H3. The minimum atomic E-state index is -0.718. The molecule has 1 atom stereocenters. The van der Waals surface area contributed by atoms with Crippen molar-refractivity contribution in [2.75, 3.05) is 25.7 Å². The van der Waals surface area contributed by atoms with Crippen molar-refractivity contribution in [1.82, 2.24) is 5.32 Å². The van der Waals surface area contributed by atoms with Crippen LogP contribution in [0.4, 0.5) is 0 Å². The van der Waals surface area contributed by atoms with E-state index in [1.165, 1.54) is 0 Å². The van der Waals surface area contributed by atoms with E-state index in [4.69, 9.17) is 10.00 Å². The van der Waals surface area contributed by atoms with Crippen LogP contribution in [-0.2, 0) is 6.54 Å². The summed E-state index contributed by atoms with van der Waals surface area (Å²) in [5.74, 6) is 1.27. The van der Waals surface area contributed by atoms with E-state index in [0.29, 0.717) is 30.2 Å². The van der Waals surface area contributed by atoms with Crippen molar-refractivity contribution >= 4 is 11.8 Å². The third-order valence-corrected chi connectivity index (χ3v) is 3.59. The molecular weight excluding hydrogens is 260 g/mol. The molecule has 0 amide bonds. The molecule has 0 aliphatic carbocycles. The zero-order valence-corrected chi connectivity index (χ0v) is 12.4. The molecule has 1 rings (SSSR count). The first kappa shape index (κ1) is 15.8. The van der Waals surface area contributed by atoms with Crippen molar-refractivity contribution in [3.63, 3.8) is 0 Å². The normalized spacial score (nSPS) is 13.6. The molecule has 5 heteroatoms. The van der Waals surface area contributed by atoms with Gasteiger partial charge in [0.1, 0.15) is 11.8 Å². The van der Waals surface area contributed by atoms with Gasteiger partial charge in [0.25, 0.3) is 0 Å². The molecule has 2 N–H and O–H groups in total. The van der Waals surface area contributed by atoms with Crippen LogP contribution in [-0.4, -0.2) is 36.4 Å². The minimum Gasteiger partial charge on any atom is -0.495 e. The Morgan fingerprint density at radius 2 is 2.26 bits per heavy atom. The van der Waals surface area contributed by atoms with E-state index in [1.807, 2.05) is 19.2 Å². The quantitative estimate of drug-likeness (QED) is 0.797. The summed E-state index contributed by atoms with van der Waals surface area (Å²) in [6.07, 6.45) is 1.97. The number of nitrogens with zero attached hydrogens (tertiary/aromatic N) is 1. The number of methoxy groups -OCH3 is 1. The molecule has 0 fully saturated rings. The summed E-state index contributed by atoms with van der Waals surface area (Å²) in [7, 11) is 1.55. The molecule has 0 aliphatic rings. The van der Waals surface area contributed by atoms with Gasteiger partial charge < -0.3 is 15.2 Å². The fraction of sp³-hybridized carbons (Fsp3) is 0.500. The van der Waals surface area contributed by atoms with Gasteiger partial charge in [-0.15, -0.1) is 0 Å². The molecule has 0 saturated carbocycles. The highest BCUT2D eigenvalue weighted by Crippen LogP contribution is 2.18. The van der Waals surface area contributed by atoms with Crippen LogP contribution >= 0.6 is 11.8 Å². The molecule has 104 valence electrons. The highest BCUT2D eigenvalue weighted by Gasteiger charge is 2.18. The number of hydrogen-bond acceptors (Lipinski definition) is 5. The molecular formula is C14H20N2O2S. The second kappa shape index (κ2) is 7.39. The Hall–Kier alpha value is -1.22. The van der Waals surface area contributed by atoms with Crippen LogP contribution < -0.4 is 10.1 Å². The van der Waals surface area contributed by atoms with Crippen molar-refractivity contribution in [2.24, 2.45) is 0 Å². The predicted molar refractivity (Wildman–Crippen MR) is 78.4 cm³/mol. The van der Waals surface area contributed by atoms with E-state index in [0.717, 1.165) is 5.56 Å². The van der Waals surface area contributed by atoms with Crippen LogP contribution in [0.2, 0.25) is 0 Å². The van der Waals surface area contributed by atoms with Gasteiger partial charge in [-0.2, -0.15) is 17.0 Å². The molecule has 1 unspecified atom stereocenters. The first-order chi connectivity index (χ1) is 9.02. The first-order valence-corrected chi connectivity index (χ1v) is 7.41. The third-order valence-electron chi connectivity index (χ3n) is 2.67. The lowest BCUT2D eigenvalue weighted by Gasteiger charge is -2.22. The van der Waals surface area contributed by atoms with Gasteiger partial charge in [-0.05, 0) is 30.9 Å². The fourth-order valence-electron chi connectivity index (χ4n) is 1.79. The fourth-order valence-corrected chi connectivity index (χ4v) is 2.51. The summed E-state index contributed by atoms with van der Waals surface area (Å²) in [6.45, 7) is 2.94. The number of aliphatic hydroxyl groups is 1. The Bertz CT molecular complexity index is 455. The predicted octanol–water partition coefficient (Wildman–Crippen LogP) is 1.77. The number of thioether (sulfide) groups is 1. The lowest BCUT2D eigenvalue weighted by Crippen LogP contribution is -2.39. The molecule has 0 aromatic heterocycles. The average Bonchev–Trinajstić information content (AvgIpc) is 2.38. The summed E-state index contributed by atoms with van der Waals surface area (Å²) in [5, 5.41) is 22.2. The van der Waals surface area contributed by atoms with Crippen LogP contribution in [0.5, 0.6) is 5.75 Å². The van der Waals surface area contributed by atoms with E-state index in [1.54, 1.807) is 31.0 Å². The highest BCUT2D eigenvalue weighted by atomic mass is 32.2. The van der Waals surface area contributed by atoms with Gasteiger partial charge in [-0.1, -0.05) is 6.07 Å². The van der Waals surface area contributed by atoms with Gasteiger partial charge >= 0.3 is 0 Å². The maximum Gasteiger partial charge on any atom is 0.136 e. The van der Waals surface area contributed by atoms with E-state index < -0.39 is 5.60 Å². The number of nitrogens with one attached hydrogen (secondary N) is 1. The smallest absolute Gasteiger partial charge is 0.136 e. The zero-order chi connectivity index (χ0) is 14.3. The monoisotopic (exact) mass is 280 g/mol. The highest BCUT2D eigenvalue weighted by molar-refractivity contribution is 7.98. The van der Waals surface area contributed by atoms with Gasteiger partial charge in [-0.25, -0.2) is 0 Å². The Kier molecular flexibility index (Phi) is 6.16. The van der Waals surface area contributed by atoms with Crippen molar-refractivity contribution < 1.29 is 9.84 Å². The zero-order valence-electron chi connectivity index (χ0n) is 11.6. The first-order valence-electron chi connectivity index (χ1n) is 6.01. The minimum absolute atomic E-state index is 0.516. The van der Waals surface area contributed by atoms with Gasteiger partial charge in [-0.3, -0.25) is 0 Å². The Morgan fingerprint density at radius 3 is 2.84 bits per heavy atom. The second-order valence-electron chi connectivity index (χ2n) is 4.68. The summed E-state index contributed by atoms with van der Waals surface area (Å²) in [6, 6.07) is 7.61. The van der Waals surface area contributed by atoms with E-state index in [9.17, 15) is 5.11 Å². The van der Waals surface area contributed by atoms with E-state index in [2.05, 4.69) is 11.4 Å². The molecule has 1 aromatic carbocycles. The van der Waals surface area contributed by atoms with Gasteiger partial charge in [0.2, 0.25) is 0 Å². The number of rotatable bonds is 7. The topological polar surface area (TPSA) is 65.3 Å². The molecule has 0 saturated heterocycles. The largest absolute Gasteiger partial charge is 0.495 e. The molecule has 1 aromatic rings. The van der Waals surface area contributed by atoms with Gasteiger partial charge in [0, 0.05) is 18.8 Å². The number of benzene rings is 1. The second-order valence-corrected chi connectivity index (χ2v) is 5.55. The molecule has 0 heterocycles. The van der Waals surface area contributed by atoms with Crippen LogP contribution in [0.3, 0.4) is 0 Å². The van der Waals surface area contributed by atoms with Gasteiger partial charge in [0.05, 0.1) is 18.3 Å². The number of nitriles is 1.